The number of aryl methyl sites for hydroxylation is 1. The largest absolute Gasteiger partial charge is 0.454 e. The van der Waals surface area contributed by atoms with Crippen molar-refractivity contribution in [1.82, 2.24) is 15.1 Å². The Labute approximate surface area is 248 Å². The molecule has 1 aromatic heterocycles. The molecule has 0 saturated carbocycles. The molecule has 0 radical (unpaired) electrons. The lowest BCUT2D eigenvalue weighted by Crippen LogP contribution is -2.42. The number of rotatable bonds is 9. The topological polar surface area (TPSA) is 94.9 Å². The maximum absolute atomic E-state index is 13.9. The smallest absolute Gasteiger partial charge is 0.240 e. The molecular weight excluding hydrogens is 552 g/mol. The summed E-state index contributed by atoms with van der Waals surface area (Å²) in [5, 5.41) is 7.81. The van der Waals surface area contributed by atoms with Crippen molar-refractivity contribution in [3.63, 3.8) is 0 Å². The number of anilines is 1. The molecule has 0 spiro atoms. The molecule has 2 aliphatic rings. The van der Waals surface area contributed by atoms with Crippen molar-refractivity contribution in [2.24, 2.45) is 0 Å². The van der Waals surface area contributed by atoms with E-state index in [1.54, 1.807) is 16.7 Å². The monoisotopic (exact) mass is 584 g/mol. The number of carbonyl (C=O) groups excluding carboxylic acids is 2. The van der Waals surface area contributed by atoms with E-state index in [4.69, 9.17) is 19.3 Å². The van der Waals surface area contributed by atoms with Gasteiger partial charge in [-0.15, -0.1) is 11.8 Å². The second kappa shape index (κ2) is 12.3. The minimum absolute atomic E-state index is 0.126. The van der Waals surface area contributed by atoms with Crippen LogP contribution < -0.4 is 19.7 Å². The van der Waals surface area contributed by atoms with Crippen molar-refractivity contribution >= 4 is 29.4 Å². The van der Waals surface area contributed by atoms with Crippen LogP contribution in [-0.2, 0) is 14.3 Å². The molecule has 2 aliphatic heterocycles. The third kappa shape index (κ3) is 5.60. The van der Waals surface area contributed by atoms with E-state index in [0.29, 0.717) is 36.9 Å². The van der Waals surface area contributed by atoms with Gasteiger partial charge >= 0.3 is 0 Å². The van der Waals surface area contributed by atoms with Crippen molar-refractivity contribution < 1.29 is 23.8 Å². The number of nitrogens with one attached hydrogen (secondary N) is 1. The molecule has 1 N–H and O–H groups in total. The number of carbonyl (C=O) groups is 2. The van der Waals surface area contributed by atoms with Gasteiger partial charge in [0.25, 0.3) is 0 Å². The summed E-state index contributed by atoms with van der Waals surface area (Å²) in [7, 11) is 1.63. The van der Waals surface area contributed by atoms with Crippen LogP contribution in [0.5, 0.6) is 11.5 Å². The van der Waals surface area contributed by atoms with E-state index in [-0.39, 0.29) is 36.2 Å². The Balaban J connectivity index is 1.53. The van der Waals surface area contributed by atoms with E-state index in [1.165, 1.54) is 11.8 Å². The van der Waals surface area contributed by atoms with Crippen molar-refractivity contribution in [2.75, 3.05) is 44.3 Å². The molecule has 0 bridgehead atoms. The molecule has 6 rings (SSSR count). The summed E-state index contributed by atoms with van der Waals surface area (Å²) in [6.45, 7) is 3.08. The highest BCUT2D eigenvalue weighted by atomic mass is 32.2. The summed E-state index contributed by atoms with van der Waals surface area (Å²) >= 11 is 1.52. The van der Waals surface area contributed by atoms with E-state index >= 15 is 0 Å². The first kappa shape index (κ1) is 27.9. The van der Waals surface area contributed by atoms with Crippen molar-refractivity contribution in [3.05, 3.63) is 89.5 Å². The molecule has 0 saturated heterocycles. The SMILES string of the molecule is COCCCNC(=O)CN1C(=O)CSC(c2ccc3c(c2)OCO3)c2c(-c3ccccc3)nn(-c3ccc(C)cc3)c21. The Morgan fingerprint density at radius 1 is 1.07 bits per heavy atom. The van der Waals surface area contributed by atoms with E-state index in [0.717, 1.165) is 33.6 Å². The van der Waals surface area contributed by atoms with Crippen LogP contribution in [0, 0.1) is 6.92 Å². The van der Waals surface area contributed by atoms with Crippen LogP contribution in [0.3, 0.4) is 0 Å². The first-order valence-corrected chi connectivity index (χ1v) is 14.9. The van der Waals surface area contributed by atoms with Crippen LogP contribution in [0.15, 0.2) is 72.8 Å². The number of fused-ring (bicyclic) bond motifs is 2. The van der Waals surface area contributed by atoms with E-state index in [1.807, 2.05) is 79.7 Å². The van der Waals surface area contributed by atoms with Gasteiger partial charge in [0.15, 0.2) is 11.5 Å². The lowest BCUT2D eigenvalue weighted by molar-refractivity contribution is -0.122. The van der Waals surface area contributed by atoms with Crippen LogP contribution in [0.4, 0.5) is 5.82 Å². The van der Waals surface area contributed by atoms with Gasteiger partial charge in [-0.2, -0.15) is 5.10 Å². The molecule has 3 aromatic carbocycles. The fourth-order valence-corrected chi connectivity index (χ4v) is 6.37. The fourth-order valence-electron chi connectivity index (χ4n) is 5.18. The highest BCUT2D eigenvalue weighted by molar-refractivity contribution is 8.00. The number of nitrogens with zero attached hydrogens (tertiary/aromatic N) is 3. The fraction of sp³-hybridized carbons (Fsp3) is 0.281. The van der Waals surface area contributed by atoms with Gasteiger partial charge in [-0.3, -0.25) is 14.5 Å². The Kier molecular flexibility index (Phi) is 8.16. The number of amides is 2. The maximum Gasteiger partial charge on any atom is 0.240 e. The Bertz CT molecular complexity index is 1590. The first-order chi connectivity index (χ1) is 20.5. The molecule has 2 amide bonds. The number of hydrogen-bond donors (Lipinski definition) is 1. The summed E-state index contributed by atoms with van der Waals surface area (Å²) in [6, 6.07) is 23.8. The minimum atomic E-state index is -0.261. The van der Waals surface area contributed by atoms with Gasteiger partial charge in [-0.1, -0.05) is 54.1 Å². The van der Waals surface area contributed by atoms with Crippen LogP contribution in [0.1, 0.15) is 28.4 Å². The molecule has 10 heteroatoms. The van der Waals surface area contributed by atoms with Crippen molar-refractivity contribution in [2.45, 2.75) is 18.6 Å². The van der Waals surface area contributed by atoms with Crippen LogP contribution in [-0.4, -0.2) is 60.9 Å². The highest BCUT2D eigenvalue weighted by Gasteiger charge is 2.38. The Morgan fingerprint density at radius 3 is 2.64 bits per heavy atom. The summed E-state index contributed by atoms with van der Waals surface area (Å²) in [4.78, 5) is 28.6. The highest BCUT2D eigenvalue weighted by Crippen LogP contribution is 2.50. The molecule has 4 aromatic rings. The molecule has 1 unspecified atom stereocenters. The number of methoxy groups -OCH3 is 1. The molecule has 42 heavy (non-hydrogen) atoms. The van der Waals surface area contributed by atoms with Crippen molar-refractivity contribution in [3.8, 4) is 28.4 Å². The van der Waals surface area contributed by atoms with Gasteiger partial charge in [0.1, 0.15) is 12.4 Å². The van der Waals surface area contributed by atoms with Crippen LogP contribution in [0.25, 0.3) is 16.9 Å². The van der Waals surface area contributed by atoms with Crippen molar-refractivity contribution in [1.29, 1.82) is 0 Å². The summed E-state index contributed by atoms with van der Waals surface area (Å²) in [6.07, 6.45) is 0.683. The maximum atomic E-state index is 13.9. The number of ether oxygens (including phenoxy) is 3. The lowest BCUT2D eigenvalue weighted by Gasteiger charge is -2.23. The molecule has 9 nitrogen and oxygen atoms in total. The average molecular weight is 585 g/mol. The molecule has 0 fully saturated rings. The van der Waals surface area contributed by atoms with E-state index in [2.05, 4.69) is 5.32 Å². The van der Waals surface area contributed by atoms with Crippen LogP contribution >= 0.6 is 11.8 Å². The zero-order valence-electron chi connectivity index (χ0n) is 23.5. The van der Waals surface area contributed by atoms with Gasteiger partial charge in [0, 0.05) is 31.4 Å². The average Bonchev–Trinajstić information content (AvgIpc) is 3.61. The second-order valence-corrected chi connectivity index (χ2v) is 11.3. The predicted octanol–water partition coefficient (Wildman–Crippen LogP) is 4.90. The van der Waals surface area contributed by atoms with Gasteiger partial charge in [-0.05, 0) is 43.2 Å². The number of hydrogen-bond acceptors (Lipinski definition) is 7. The molecular formula is C32H32N4O5S. The van der Waals surface area contributed by atoms with Gasteiger partial charge in [0.05, 0.1) is 22.4 Å². The Morgan fingerprint density at radius 2 is 1.86 bits per heavy atom. The van der Waals surface area contributed by atoms with Gasteiger partial charge in [0.2, 0.25) is 18.6 Å². The number of thioether (sulfide) groups is 1. The third-order valence-corrected chi connectivity index (χ3v) is 8.52. The molecule has 3 heterocycles. The zero-order chi connectivity index (χ0) is 29.1. The second-order valence-electron chi connectivity index (χ2n) is 10.2. The van der Waals surface area contributed by atoms with Gasteiger partial charge in [-0.25, -0.2) is 4.68 Å². The van der Waals surface area contributed by atoms with E-state index in [9.17, 15) is 9.59 Å². The molecule has 0 aliphatic carbocycles. The quantitative estimate of drug-likeness (QED) is 0.280. The summed E-state index contributed by atoms with van der Waals surface area (Å²) in [5.74, 6) is 1.73. The number of benzene rings is 3. The van der Waals surface area contributed by atoms with E-state index < -0.39 is 0 Å². The lowest BCUT2D eigenvalue weighted by atomic mass is 9.99. The molecule has 216 valence electrons. The summed E-state index contributed by atoms with van der Waals surface area (Å²) < 4.78 is 18.2. The van der Waals surface area contributed by atoms with Gasteiger partial charge < -0.3 is 19.5 Å². The standard InChI is InChI=1S/C32H32N4O5S/c1-21-9-12-24(13-10-21)36-32-29(30(34-36)22-7-4-3-5-8-22)31(23-11-14-25-26(17-23)41-20-40-25)42-19-28(38)35(32)18-27(37)33-15-6-16-39-2/h3-5,7-14,17,31H,6,15-16,18-20H2,1-2H3,(H,33,37). The molecule has 1 atom stereocenters. The Hall–Kier alpha value is -4.28. The minimum Gasteiger partial charge on any atom is -0.454 e. The zero-order valence-corrected chi connectivity index (χ0v) is 24.4. The number of aromatic nitrogens is 2. The first-order valence-electron chi connectivity index (χ1n) is 13.9. The normalized spacial score (nSPS) is 15.8. The third-order valence-electron chi connectivity index (χ3n) is 7.26. The van der Waals surface area contributed by atoms with Crippen LogP contribution in [0.2, 0.25) is 0 Å². The predicted molar refractivity (Wildman–Crippen MR) is 162 cm³/mol. The summed E-state index contributed by atoms with van der Waals surface area (Å²) in [5.41, 5.74) is 5.41.